The van der Waals surface area contributed by atoms with E-state index in [0.717, 1.165) is 17.5 Å². The van der Waals surface area contributed by atoms with Gasteiger partial charge in [0, 0.05) is 31.4 Å². The lowest BCUT2D eigenvalue weighted by Gasteiger charge is -2.27. The molecule has 1 atom stereocenters. The maximum atomic E-state index is 13.5. The van der Waals surface area contributed by atoms with E-state index in [1.165, 1.54) is 0 Å². The van der Waals surface area contributed by atoms with E-state index in [4.69, 9.17) is 14.2 Å². The van der Waals surface area contributed by atoms with E-state index in [0.29, 0.717) is 67.2 Å². The van der Waals surface area contributed by atoms with Crippen LogP contribution >= 0.6 is 0 Å². The first kappa shape index (κ1) is 25.6. The number of hydrogen-bond acceptors (Lipinski definition) is 6. The highest BCUT2D eigenvalue weighted by Gasteiger charge is 2.42. The van der Waals surface area contributed by atoms with Gasteiger partial charge in [0.1, 0.15) is 17.1 Å². The predicted octanol–water partition coefficient (Wildman–Crippen LogP) is 5.19. The van der Waals surface area contributed by atoms with Crippen LogP contribution < -0.4 is 9.47 Å². The Morgan fingerprint density at radius 1 is 1.11 bits per heavy atom. The van der Waals surface area contributed by atoms with Crippen molar-refractivity contribution in [1.29, 1.82) is 0 Å². The van der Waals surface area contributed by atoms with Gasteiger partial charge in [-0.05, 0) is 55.5 Å². The van der Waals surface area contributed by atoms with Crippen LogP contribution in [0, 0.1) is 5.92 Å². The third-order valence-corrected chi connectivity index (χ3v) is 6.31. The van der Waals surface area contributed by atoms with Gasteiger partial charge in [-0.1, -0.05) is 32.0 Å². The number of fused-ring (bicyclic) bond motifs is 1. The largest absolute Gasteiger partial charge is 0.507 e. The van der Waals surface area contributed by atoms with Crippen LogP contribution in [-0.4, -0.2) is 59.6 Å². The lowest BCUT2D eigenvalue weighted by molar-refractivity contribution is 0.0723. The second-order valence-electron chi connectivity index (χ2n) is 9.30. The van der Waals surface area contributed by atoms with Gasteiger partial charge < -0.3 is 24.2 Å². The topological polar surface area (TPSA) is 96.9 Å². The van der Waals surface area contributed by atoms with Crippen molar-refractivity contribution in [3.05, 3.63) is 59.3 Å². The first-order chi connectivity index (χ1) is 17.5. The number of hydrogen-bond donors (Lipinski definition) is 2. The number of aromatic hydroxyl groups is 1. The zero-order chi connectivity index (χ0) is 25.7. The van der Waals surface area contributed by atoms with E-state index in [1.54, 1.807) is 25.3 Å². The second kappa shape index (κ2) is 11.5. The number of H-pyrrole nitrogens is 1. The molecule has 3 aromatic rings. The number of carbonyl (C=O) groups is 1. The number of phenolic OH excluding ortho intramolecular Hbond substituents is 1. The van der Waals surface area contributed by atoms with Crippen LogP contribution in [0.5, 0.6) is 17.2 Å². The van der Waals surface area contributed by atoms with Crippen molar-refractivity contribution in [1.82, 2.24) is 15.1 Å². The zero-order valence-corrected chi connectivity index (χ0v) is 21.4. The number of nitrogens with zero attached hydrogens (tertiary/aromatic N) is 2. The van der Waals surface area contributed by atoms with Gasteiger partial charge in [0.05, 0.1) is 19.3 Å². The van der Waals surface area contributed by atoms with E-state index >= 15 is 0 Å². The molecule has 1 aromatic heterocycles. The smallest absolute Gasteiger partial charge is 0.273 e. The van der Waals surface area contributed by atoms with Gasteiger partial charge >= 0.3 is 0 Å². The maximum absolute atomic E-state index is 13.5. The summed E-state index contributed by atoms with van der Waals surface area (Å²) in [5.74, 6) is 1.85. The Morgan fingerprint density at radius 2 is 1.92 bits per heavy atom. The minimum absolute atomic E-state index is 0.111. The molecule has 2 N–H and O–H groups in total. The van der Waals surface area contributed by atoms with Crippen molar-refractivity contribution < 1.29 is 24.1 Å². The van der Waals surface area contributed by atoms with Gasteiger partial charge in [-0.25, -0.2) is 0 Å². The highest BCUT2D eigenvalue weighted by atomic mass is 16.5. The number of rotatable bonds is 12. The van der Waals surface area contributed by atoms with Gasteiger partial charge in [0.15, 0.2) is 11.5 Å². The van der Waals surface area contributed by atoms with E-state index in [9.17, 15) is 9.90 Å². The molecule has 8 heteroatoms. The highest BCUT2D eigenvalue weighted by Crippen LogP contribution is 2.45. The fourth-order valence-electron chi connectivity index (χ4n) is 4.52. The summed E-state index contributed by atoms with van der Waals surface area (Å²) in [5.41, 5.74) is 3.20. The molecule has 8 nitrogen and oxygen atoms in total. The molecule has 1 amide bonds. The van der Waals surface area contributed by atoms with Crippen molar-refractivity contribution in [2.75, 3.05) is 33.5 Å². The van der Waals surface area contributed by atoms with Crippen LogP contribution in [0.3, 0.4) is 0 Å². The maximum Gasteiger partial charge on any atom is 0.273 e. The van der Waals surface area contributed by atoms with Crippen molar-refractivity contribution in [3.63, 3.8) is 0 Å². The number of para-hydroxylation sites is 1. The molecular weight excluding hydrogens is 458 g/mol. The second-order valence-corrected chi connectivity index (χ2v) is 9.30. The summed E-state index contributed by atoms with van der Waals surface area (Å²) >= 11 is 0. The number of carbonyl (C=O) groups excluding carboxylic acids is 1. The fourth-order valence-corrected chi connectivity index (χ4v) is 4.52. The molecule has 36 heavy (non-hydrogen) atoms. The van der Waals surface area contributed by atoms with Crippen LogP contribution in [0.2, 0.25) is 0 Å². The molecule has 0 spiro atoms. The number of ether oxygens (including phenoxy) is 3. The van der Waals surface area contributed by atoms with Crippen LogP contribution in [0.4, 0.5) is 0 Å². The molecule has 2 aromatic carbocycles. The number of aromatic nitrogens is 2. The number of methoxy groups -OCH3 is 1. The summed E-state index contributed by atoms with van der Waals surface area (Å²) in [6, 6.07) is 12.5. The first-order valence-corrected chi connectivity index (χ1v) is 12.5. The van der Waals surface area contributed by atoms with E-state index in [2.05, 4.69) is 24.0 Å². The summed E-state index contributed by atoms with van der Waals surface area (Å²) in [6.07, 6.45) is 1.64. The molecule has 1 aliphatic heterocycles. The molecule has 0 saturated heterocycles. The average molecular weight is 494 g/mol. The Morgan fingerprint density at radius 3 is 2.64 bits per heavy atom. The number of benzene rings is 2. The Hall–Kier alpha value is -3.52. The van der Waals surface area contributed by atoms with Crippen LogP contribution in [-0.2, 0) is 4.74 Å². The summed E-state index contributed by atoms with van der Waals surface area (Å²) in [5, 5.41) is 17.9. The van der Waals surface area contributed by atoms with Gasteiger partial charge in [-0.15, -0.1) is 0 Å². The molecule has 0 bridgehead atoms. The number of aromatic amines is 1. The van der Waals surface area contributed by atoms with Gasteiger partial charge in [0.25, 0.3) is 5.91 Å². The average Bonchev–Trinajstić information content (AvgIpc) is 3.39. The molecule has 0 aliphatic carbocycles. The van der Waals surface area contributed by atoms with Gasteiger partial charge in [-0.3, -0.25) is 9.89 Å². The minimum atomic E-state index is -0.401. The third-order valence-electron chi connectivity index (χ3n) is 6.31. The van der Waals surface area contributed by atoms with E-state index in [-0.39, 0.29) is 11.7 Å². The Balaban J connectivity index is 1.77. The number of phenols is 1. The molecule has 0 radical (unpaired) electrons. The summed E-state index contributed by atoms with van der Waals surface area (Å²) in [6.45, 7) is 8.41. The van der Waals surface area contributed by atoms with Crippen LogP contribution in [0.25, 0.3) is 11.3 Å². The third kappa shape index (κ3) is 5.18. The van der Waals surface area contributed by atoms with E-state index in [1.807, 2.05) is 36.1 Å². The summed E-state index contributed by atoms with van der Waals surface area (Å²) in [4.78, 5) is 15.3. The van der Waals surface area contributed by atoms with Gasteiger partial charge in [0.2, 0.25) is 0 Å². The molecular formula is C28H35N3O5. The number of nitrogens with one attached hydrogen (secondary N) is 1. The standard InChI is InChI=1S/C28H35N3O5/c1-5-35-23-17-19(11-12-22(23)36-16-13-18(2)3)27-24-25(20-9-6-7-10-21(20)32)29-30-26(24)28(33)31(27)14-8-15-34-4/h6-7,9-12,17-18,27,32H,5,8,13-16H2,1-4H3,(H,29,30)/t27-/m1/s1. The molecule has 0 fully saturated rings. The Kier molecular flexibility index (Phi) is 8.15. The normalized spacial score (nSPS) is 15.0. The molecule has 2 heterocycles. The quantitative estimate of drug-likeness (QED) is 0.337. The SMILES string of the molecule is CCOc1cc([C@@H]2c3c(-c4ccccc4O)n[nH]c3C(=O)N2CCCOC)ccc1OCCC(C)C. The summed E-state index contributed by atoms with van der Waals surface area (Å²) in [7, 11) is 1.65. The lowest BCUT2D eigenvalue weighted by Crippen LogP contribution is -2.31. The molecule has 0 saturated carbocycles. The van der Waals surface area contributed by atoms with Crippen molar-refractivity contribution >= 4 is 5.91 Å². The van der Waals surface area contributed by atoms with Crippen LogP contribution in [0.1, 0.15) is 61.3 Å². The lowest BCUT2D eigenvalue weighted by atomic mass is 9.95. The van der Waals surface area contributed by atoms with Crippen molar-refractivity contribution in [2.45, 2.75) is 39.7 Å². The summed E-state index contributed by atoms with van der Waals surface area (Å²) < 4.78 is 17.2. The predicted molar refractivity (Wildman–Crippen MR) is 138 cm³/mol. The Bertz CT molecular complexity index is 1190. The van der Waals surface area contributed by atoms with Crippen molar-refractivity contribution in [3.8, 4) is 28.5 Å². The molecule has 1 aliphatic rings. The van der Waals surface area contributed by atoms with E-state index < -0.39 is 6.04 Å². The monoisotopic (exact) mass is 493 g/mol. The minimum Gasteiger partial charge on any atom is -0.507 e. The zero-order valence-electron chi connectivity index (χ0n) is 21.4. The molecule has 0 unspecified atom stereocenters. The van der Waals surface area contributed by atoms with Crippen molar-refractivity contribution in [2.24, 2.45) is 5.92 Å². The van der Waals surface area contributed by atoms with Gasteiger partial charge in [-0.2, -0.15) is 5.10 Å². The molecule has 192 valence electrons. The number of amides is 1. The van der Waals surface area contributed by atoms with Crippen LogP contribution in [0.15, 0.2) is 42.5 Å². The first-order valence-electron chi connectivity index (χ1n) is 12.5. The fraction of sp³-hybridized carbons (Fsp3) is 0.429. The Labute approximate surface area is 212 Å². The highest BCUT2D eigenvalue weighted by molar-refractivity contribution is 6.00. The molecule has 4 rings (SSSR count).